The van der Waals surface area contributed by atoms with Crippen LogP contribution in [0.25, 0.3) is 10.7 Å². The monoisotopic (exact) mass is 349 g/mol. The van der Waals surface area contributed by atoms with Gasteiger partial charge in [-0.3, -0.25) is 0 Å². The molecular formula is C11H7BrF3N3S. The zero-order valence-corrected chi connectivity index (χ0v) is 11.8. The fourth-order valence-electron chi connectivity index (χ4n) is 1.95. The zero-order chi connectivity index (χ0) is 13.6. The average Bonchev–Trinajstić information content (AvgIpc) is 2.94. The van der Waals surface area contributed by atoms with Crippen molar-refractivity contribution >= 4 is 27.3 Å². The maximum absolute atomic E-state index is 13.0. The highest BCUT2D eigenvalue weighted by molar-refractivity contribution is 9.11. The van der Waals surface area contributed by atoms with Gasteiger partial charge in [-0.2, -0.15) is 13.2 Å². The lowest BCUT2D eigenvalue weighted by Gasteiger charge is -2.11. The standard InChI is InChI=1S/C11H7BrF3N3S/c12-8-2-1-7(19-8)10-17-6-4-16-3-5(6)9(18-10)11(13,14)15/h1-2,16H,3-4H2. The molecule has 19 heavy (non-hydrogen) atoms. The minimum absolute atomic E-state index is 0.130. The first-order chi connectivity index (χ1) is 8.95. The van der Waals surface area contributed by atoms with Crippen molar-refractivity contribution in [3.05, 3.63) is 32.9 Å². The predicted octanol–water partition coefficient (Wildman–Crippen LogP) is 3.59. The Labute approximate surface area is 119 Å². The highest BCUT2D eigenvalue weighted by atomic mass is 79.9. The summed E-state index contributed by atoms with van der Waals surface area (Å²) in [6.45, 7) is 0.513. The first kappa shape index (κ1) is 13.0. The molecule has 100 valence electrons. The van der Waals surface area contributed by atoms with Crippen molar-refractivity contribution in [3.8, 4) is 10.7 Å². The first-order valence-corrected chi connectivity index (χ1v) is 6.99. The van der Waals surface area contributed by atoms with Gasteiger partial charge in [0, 0.05) is 18.7 Å². The van der Waals surface area contributed by atoms with Gasteiger partial charge in [-0.25, -0.2) is 9.97 Å². The third-order valence-electron chi connectivity index (χ3n) is 2.75. The number of nitrogens with zero attached hydrogens (tertiary/aromatic N) is 2. The number of alkyl halides is 3. The molecule has 3 nitrogen and oxygen atoms in total. The van der Waals surface area contributed by atoms with E-state index in [0.717, 1.165) is 3.79 Å². The molecule has 2 aromatic rings. The summed E-state index contributed by atoms with van der Waals surface area (Å²) in [5.74, 6) is 0.130. The topological polar surface area (TPSA) is 37.8 Å². The molecule has 0 saturated carbocycles. The number of hydrogen-bond acceptors (Lipinski definition) is 4. The summed E-state index contributed by atoms with van der Waals surface area (Å²) in [6, 6.07) is 3.47. The fraction of sp³-hybridized carbons (Fsp3) is 0.273. The molecule has 0 spiro atoms. The second-order valence-electron chi connectivity index (χ2n) is 4.03. The van der Waals surface area contributed by atoms with Crippen LogP contribution in [0.4, 0.5) is 13.2 Å². The van der Waals surface area contributed by atoms with Gasteiger partial charge in [0.25, 0.3) is 0 Å². The van der Waals surface area contributed by atoms with Gasteiger partial charge in [0.05, 0.1) is 14.4 Å². The van der Waals surface area contributed by atoms with Crippen LogP contribution in [-0.2, 0) is 19.3 Å². The van der Waals surface area contributed by atoms with E-state index in [4.69, 9.17) is 0 Å². The molecule has 1 aliphatic heterocycles. The van der Waals surface area contributed by atoms with Gasteiger partial charge in [-0.15, -0.1) is 11.3 Å². The number of nitrogens with one attached hydrogen (secondary N) is 1. The van der Waals surface area contributed by atoms with Crippen LogP contribution < -0.4 is 5.32 Å². The van der Waals surface area contributed by atoms with Gasteiger partial charge < -0.3 is 5.32 Å². The molecular weight excluding hydrogens is 343 g/mol. The number of aromatic nitrogens is 2. The molecule has 3 heterocycles. The van der Waals surface area contributed by atoms with Crippen LogP contribution in [0, 0.1) is 0 Å². The summed E-state index contributed by atoms with van der Waals surface area (Å²) in [5, 5.41) is 2.88. The lowest BCUT2D eigenvalue weighted by atomic mass is 10.2. The molecule has 3 rings (SSSR count). The minimum Gasteiger partial charge on any atom is -0.307 e. The third-order valence-corrected chi connectivity index (χ3v) is 4.37. The summed E-state index contributed by atoms with van der Waals surface area (Å²) >= 11 is 4.59. The third kappa shape index (κ3) is 2.39. The van der Waals surface area contributed by atoms with Crippen LogP contribution in [0.3, 0.4) is 0 Å². The van der Waals surface area contributed by atoms with E-state index in [1.807, 2.05) is 0 Å². The van der Waals surface area contributed by atoms with Crippen molar-refractivity contribution in [1.82, 2.24) is 15.3 Å². The minimum atomic E-state index is -4.46. The second kappa shape index (κ2) is 4.53. The molecule has 1 aliphatic rings. The Morgan fingerprint density at radius 1 is 1.21 bits per heavy atom. The maximum atomic E-state index is 13.0. The van der Waals surface area contributed by atoms with Gasteiger partial charge in [0.2, 0.25) is 0 Å². The van der Waals surface area contributed by atoms with E-state index in [1.165, 1.54) is 11.3 Å². The Morgan fingerprint density at radius 2 is 2.00 bits per heavy atom. The van der Waals surface area contributed by atoms with Crippen molar-refractivity contribution in [1.29, 1.82) is 0 Å². The number of rotatable bonds is 1. The molecule has 0 aliphatic carbocycles. The second-order valence-corrected chi connectivity index (χ2v) is 6.49. The Hall–Kier alpha value is -0.990. The molecule has 0 radical (unpaired) electrons. The Balaban J connectivity index is 2.18. The summed E-state index contributed by atoms with van der Waals surface area (Å²) < 4.78 is 39.9. The van der Waals surface area contributed by atoms with Crippen molar-refractivity contribution in [2.45, 2.75) is 19.3 Å². The molecule has 8 heteroatoms. The van der Waals surface area contributed by atoms with Crippen LogP contribution in [0.2, 0.25) is 0 Å². The highest BCUT2D eigenvalue weighted by Gasteiger charge is 2.38. The SMILES string of the molecule is FC(F)(F)c1nc(-c2ccc(Br)s2)nc2c1CNC2. The fourth-order valence-corrected chi connectivity index (χ4v) is 3.27. The maximum Gasteiger partial charge on any atom is 0.433 e. The van der Waals surface area contributed by atoms with Crippen molar-refractivity contribution in [2.24, 2.45) is 0 Å². The summed E-state index contributed by atoms with van der Waals surface area (Å²) in [6.07, 6.45) is -4.46. The Bertz CT molecular complexity index is 639. The largest absolute Gasteiger partial charge is 0.433 e. The number of hydrogen-bond donors (Lipinski definition) is 1. The summed E-state index contributed by atoms with van der Waals surface area (Å²) in [5.41, 5.74) is -0.240. The molecule has 0 bridgehead atoms. The van der Waals surface area contributed by atoms with Gasteiger partial charge >= 0.3 is 6.18 Å². The van der Waals surface area contributed by atoms with Gasteiger partial charge in [-0.1, -0.05) is 0 Å². The average molecular weight is 350 g/mol. The van der Waals surface area contributed by atoms with E-state index in [0.29, 0.717) is 17.1 Å². The van der Waals surface area contributed by atoms with Crippen LogP contribution in [-0.4, -0.2) is 9.97 Å². The normalized spacial score (nSPS) is 14.7. The molecule has 1 N–H and O–H groups in total. The van der Waals surface area contributed by atoms with Gasteiger partial charge in [0.15, 0.2) is 11.5 Å². The number of thiophene rings is 1. The molecule has 0 amide bonds. The van der Waals surface area contributed by atoms with Crippen molar-refractivity contribution in [2.75, 3.05) is 0 Å². The quantitative estimate of drug-likeness (QED) is 0.854. The highest BCUT2D eigenvalue weighted by Crippen LogP contribution is 2.36. The van der Waals surface area contributed by atoms with Crippen LogP contribution >= 0.6 is 27.3 Å². The molecule has 0 unspecified atom stereocenters. The van der Waals surface area contributed by atoms with E-state index in [2.05, 4.69) is 31.2 Å². The number of fused-ring (bicyclic) bond motifs is 1. The smallest absolute Gasteiger partial charge is 0.307 e. The van der Waals surface area contributed by atoms with Crippen LogP contribution in [0.1, 0.15) is 17.0 Å². The van der Waals surface area contributed by atoms with Crippen LogP contribution in [0.15, 0.2) is 15.9 Å². The zero-order valence-electron chi connectivity index (χ0n) is 9.38. The number of halogens is 4. The Kier molecular flexibility index (Phi) is 3.11. The van der Waals surface area contributed by atoms with E-state index < -0.39 is 11.9 Å². The Morgan fingerprint density at radius 3 is 2.63 bits per heavy atom. The molecule has 0 fully saturated rings. The van der Waals surface area contributed by atoms with Crippen molar-refractivity contribution in [3.63, 3.8) is 0 Å². The summed E-state index contributed by atoms with van der Waals surface area (Å²) in [4.78, 5) is 8.56. The van der Waals surface area contributed by atoms with E-state index in [1.54, 1.807) is 12.1 Å². The van der Waals surface area contributed by atoms with Crippen molar-refractivity contribution < 1.29 is 13.2 Å². The lowest BCUT2D eigenvalue weighted by Crippen LogP contribution is -2.14. The van der Waals surface area contributed by atoms with E-state index >= 15 is 0 Å². The first-order valence-electron chi connectivity index (χ1n) is 5.38. The van der Waals surface area contributed by atoms with Gasteiger partial charge in [-0.05, 0) is 28.1 Å². The molecule has 0 atom stereocenters. The lowest BCUT2D eigenvalue weighted by molar-refractivity contribution is -0.141. The van der Waals surface area contributed by atoms with E-state index in [-0.39, 0.29) is 17.9 Å². The van der Waals surface area contributed by atoms with Crippen LogP contribution in [0.5, 0.6) is 0 Å². The van der Waals surface area contributed by atoms with Gasteiger partial charge in [0.1, 0.15) is 0 Å². The predicted molar refractivity (Wildman–Crippen MR) is 68.6 cm³/mol. The molecule has 0 aromatic carbocycles. The molecule has 0 saturated heterocycles. The summed E-state index contributed by atoms with van der Waals surface area (Å²) in [7, 11) is 0. The van der Waals surface area contributed by atoms with E-state index in [9.17, 15) is 13.2 Å². The molecule has 2 aromatic heterocycles.